The molecule has 1 unspecified atom stereocenters. The fourth-order valence-corrected chi connectivity index (χ4v) is 8.35. The van der Waals surface area contributed by atoms with Gasteiger partial charge in [-0.15, -0.1) is 0 Å². The third kappa shape index (κ3) is 5.67. The minimum atomic E-state index is -0.855. The standard InChI is InChI=1S/C43H41N5O6/c1-43(52-3)20-33-35(46-22-31-16-28-9-5-7-11-37(28)48(31)42(33)50)19-40(43)54-24-26-12-25(13-29(44)14-26)23-53-39-18-34-32(17-38(39)51-2)41(49)47-30(21-45-34)15-27-8-4-6-10-36(27)47/h4-14,17-19,21,30-31,46H,15-16,20,22-24,44H2,1-3H3/t30-,31-,43?/m0/s1. The van der Waals surface area contributed by atoms with Crippen molar-refractivity contribution in [2.24, 2.45) is 4.99 Å². The van der Waals surface area contributed by atoms with E-state index in [2.05, 4.69) is 11.4 Å². The van der Waals surface area contributed by atoms with Gasteiger partial charge in [0.15, 0.2) is 11.5 Å². The number of ether oxygens (including phenoxy) is 4. The molecule has 274 valence electrons. The Bertz CT molecular complexity index is 2320. The Morgan fingerprint density at radius 3 is 2.30 bits per heavy atom. The Morgan fingerprint density at radius 2 is 1.56 bits per heavy atom. The van der Waals surface area contributed by atoms with Gasteiger partial charge in [-0.25, -0.2) is 0 Å². The van der Waals surface area contributed by atoms with Crippen molar-refractivity contribution in [2.45, 2.75) is 57.1 Å². The molecule has 0 spiro atoms. The van der Waals surface area contributed by atoms with Gasteiger partial charge in [0.2, 0.25) is 0 Å². The van der Waals surface area contributed by atoms with Crippen molar-refractivity contribution in [3.8, 4) is 11.5 Å². The molecule has 0 radical (unpaired) electrons. The molecule has 11 heteroatoms. The van der Waals surface area contributed by atoms with Crippen LogP contribution in [0.25, 0.3) is 0 Å². The van der Waals surface area contributed by atoms with E-state index in [0.29, 0.717) is 59.2 Å². The van der Waals surface area contributed by atoms with Crippen LogP contribution in [-0.4, -0.2) is 56.5 Å². The van der Waals surface area contributed by atoms with Crippen molar-refractivity contribution in [2.75, 3.05) is 36.3 Å². The number of anilines is 3. The van der Waals surface area contributed by atoms with Crippen LogP contribution in [0.1, 0.15) is 46.0 Å². The van der Waals surface area contributed by atoms with Crippen LogP contribution in [0.15, 0.2) is 107 Å². The van der Waals surface area contributed by atoms with E-state index in [0.717, 1.165) is 40.2 Å². The van der Waals surface area contributed by atoms with Crippen molar-refractivity contribution >= 4 is 40.8 Å². The number of hydrogen-bond donors (Lipinski definition) is 2. The van der Waals surface area contributed by atoms with E-state index in [9.17, 15) is 9.59 Å². The molecule has 5 aliphatic rings. The number of benzene rings is 4. The first-order chi connectivity index (χ1) is 26.2. The molecule has 3 N–H and O–H groups in total. The first kappa shape index (κ1) is 33.7. The van der Waals surface area contributed by atoms with E-state index < -0.39 is 5.60 Å². The molecular weight excluding hydrogens is 683 g/mol. The van der Waals surface area contributed by atoms with Crippen molar-refractivity contribution in [1.82, 2.24) is 5.32 Å². The van der Waals surface area contributed by atoms with Crippen LogP contribution in [0.4, 0.5) is 22.7 Å². The Balaban J connectivity index is 0.923. The van der Waals surface area contributed by atoms with Gasteiger partial charge in [-0.3, -0.25) is 19.5 Å². The molecule has 4 heterocycles. The zero-order valence-electron chi connectivity index (χ0n) is 30.4. The highest BCUT2D eigenvalue weighted by Gasteiger charge is 2.44. The number of fused-ring (bicyclic) bond motifs is 7. The number of nitrogens with zero attached hydrogens (tertiary/aromatic N) is 3. The highest BCUT2D eigenvalue weighted by Crippen LogP contribution is 2.43. The van der Waals surface area contributed by atoms with Crippen molar-refractivity contribution in [1.29, 1.82) is 0 Å². The molecular formula is C43H41N5O6. The Morgan fingerprint density at radius 1 is 0.852 bits per heavy atom. The van der Waals surface area contributed by atoms with E-state index in [4.69, 9.17) is 29.7 Å². The molecule has 4 aromatic carbocycles. The second kappa shape index (κ2) is 13.1. The van der Waals surface area contributed by atoms with Gasteiger partial charge in [-0.05, 0) is 72.0 Å². The lowest BCUT2D eigenvalue weighted by molar-refractivity contribution is -0.116. The summed E-state index contributed by atoms with van der Waals surface area (Å²) < 4.78 is 24.5. The van der Waals surface area contributed by atoms with Gasteiger partial charge in [0.05, 0.1) is 30.4 Å². The van der Waals surface area contributed by atoms with Gasteiger partial charge < -0.3 is 34.9 Å². The second-order valence-corrected chi connectivity index (χ2v) is 14.6. The maximum absolute atomic E-state index is 14.0. The SMILES string of the molecule is COc1cc2c(cc1OCc1cc(N)cc(COC3=CC4=C(CC3(C)OC)C(=O)N3c5ccccc5C[C@H]3CN4)c1)N=C[C@@H]1Cc3ccccc3N1C2=O. The smallest absolute Gasteiger partial charge is 0.261 e. The van der Waals surface area contributed by atoms with Gasteiger partial charge in [-0.2, -0.15) is 0 Å². The summed E-state index contributed by atoms with van der Waals surface area (Å²) in [6, 6.07) is 25.1. The largest absolute Gasteiger partial charge is 0.493 e. The topological polar surface area (TPSA) is 128 Å². The Hall–Kier alpha value is -6.07. The number of nitrogens with two attached hydrogens (primary N) is 1. The van der Waals surface area contributed by atoms with Crippen LogP contribution < -0.4 is 30.3 Å². The van der Waals surface area contributed by atoms with Gasteiger partial charge in [-0.1, -0.05) is 36.4 Å². The number of allylic oxidation sites excluding steroid dienone is 1. The van der Waals surface area contributed by atoms with E-state index in [1.54, 1.807) is 26.4 Å². The molecule has 2 amide bonds. The number of para-hydroxylation sites is 2. The average Bonchev–Trinajstić information content (AvgIpc) is 3.67. The summed E-state index contributed by atoms with van der Waals surface area (Å²) in [5, 5.41) is 3.54. The highest BCUT2D eigenvalue weighted by molar-refractivity contribution is 6.15. The molecule has 0 bridgehead atoms. The molecule has 4 aromatic rings. The molecule has 54 heavy (non-hydrogen) atoms. The third-order valence-electron chi connectivity index (χ3n) is 11.2. The van der Waals surface area contributed by atoms with Gasteiger partial charge >= 0.3 is 0 Å². The summed E-state index contributed by atoms with van der Waals surface area (Å²) in [6.45, 7) is 3.00. The van der Waals surface area contributed by atoms with Crippen LogP contribution in [0.3, 0.4) is 0 Å². The number of carbonyl (C=O) groups excluding carboxylic acids is 2. The third-order valence-corrected chi connectivity index (χ3v) is 11.2. The number of methoxy groups -OCH3 is 2. The first-order valence-corrected chi connectivity index (χ1v) is 18.2. The molecule has 0 fully saturated rings. The fraction of sp³-hybridized carbons (Fsp3) is 0.279. The normalized spacial score (nSPS) is 22.2. The predicted molar refractivity (Wildman–Crippen MR) is 206 cm³/mol. The van der Waals surface area contributed by atoms with Gasteiger partial charge in [0, 0.05) is 73.2 Å². The van der Waals surface area contributed by atoms with Gasteiger partial charge in [0.25, 0.3) is 11.8 Å². The molecule has 0 saturated heterocycles. The monoisotopic (exact) mass is 723 g/mol. The van der Waals surface area contributed by atoms with E-state index in [-0.39, 0.29) is 37.1 Å². The van der Waals surface area contributed by atoms with E-state index in [1.807, 2.05) is 89.7 Å². The number of aliphatic imine (C=N–C) groups is 1. The summed E-state index contributed by atoms with van der Waals surface area (Å²) in [5.41, 5.74) is 14.4. The summed E-state index contributed by atoms with van der Waals surface area (Å²) in [4.78, 5) is 36.3. The second-order valence-electron chi connectivity index (χ2n) is 14.6. The maximum Gasteiger partial charge on any atom is 0.261 e. The van der Waals surface area contributed by atoms with Crippen LogP contribution in [0.2, 0.25) is 0 Å². The van der Waals surface area contributed by atoms with Crippen LogP contribution in [0.5, 0.6) is 11.5 Å². The maximum atomic E-state index is 14.0. The van der Waals surface area contributed by atoms with Crippen molar-refractivity contribution < 1.29 is 28.5 Å². The Kier molecular flexibility index (Phi) is 8.19. The summed E-state index contributed by atoms with van der Waals surface area (Å²) in [5.74, 6) is 1.40. The lowest BCUT2D eigenvalue weighted by atomic mass is 9.87. The molecule has 0 aromatic heterocycles. The van der Waals surface area contributed by atoms with Crippen LogP contribution in [-0.2, 0) is 40.3 Å². The van der Waals surface area contributed by atoms with Crippen LogP contribution in [0, 0.1) is 0 Å². The number of rotatable bonds is 8. The number of nitrogens with one attached hydrogen (secondary N) is 1. The number of amides is 2. The minimum Gasteiger partial charge on any atom is -0.493 e. The zero-order valence-corrected chi connectivity index (χ0v) is 30.4. The summed E-state index contributed by atoms with van der Waals surface area (Å²) >= 11 is 0. The molecule has 0 saturated carbocycles. The molecule has 11 nitrogen and oxygen atoms in total. The predicted octanol–water partition coefficient (Wildman–Crippen LogP) is 6.17. The average molecular weight is 724 g/mol. The fourth-order valence-electron chi connectivity index (χ4n) is 8.35. The molecule has 9 rings (SSSR count). The lowest BCUT2D eigenvalue weighted by Crippen LogP contribution is -2.42. The molecule has 3 atom stereocenters. The summed E-state index contributed by atoms with van der Waals surface area (Å²) in [6.07, 6.45) is 5.64. The zero-order chi connectivity index (χ0) is 37.1. The van der Waals surface area contributed by atoms with Crippen LogP contribution >= 0.6 is 0 Å². The van der Waals surface area contributed by atoms with Crippen molar-refractivity contribution in [3.05, 3.63) is 130 Å². The highest BCUT2D eigenvalue weighted by atomic mass is 16.5. The number of nitrogen functional groups attached to an aromatic ring is 1. The lowest BCUT2D eigenvalue weighted by Gasteiger charge is -2.35. The molecule has 1 aliphatic carbocycles. The van der Waals surface area contributed by atoms with E-state index in [1.165, 1.54) is 5.56 Å². The first-order valence-electron chi connectivity index (χ1n) is 18.2. The van der Waals surface area contributed by atoms with Crippen molar-refractivity contribution in [3.63, 3.8) is 0 Å². The number of carbonyl (C=O) groups is 2. The quantitative estimate of drug-likeness (QED) is 0.207. The number of hydrogen-bond acceptors (Lipinski definition) is 9. The Labute approximate surface area is 313 Å². The minimum absolute atomic E-state index is 0.000346. The summed E-state index contributed by atoms with van der Waals surface area (Å²) in [7, 11) is 3.19. The van der Waals surface area contributed by atoms with E-state index >= 15 is 0 Å². The molecule has 4 aliphatic heterocycles. The van der Waals surface area contributed by atoms with Gasteiger partial charge in [0.1, 0.15) is 24.6 Å².